The van der Waals surface area contributed by atoms with E-state index < -0.39 is 29.6 Å². The number of rotatable bonds is 9. The van der Waals surface area contributed by atoms with Crippen molar-refractivity contribution in [2.45, 2.75) is 65.5 Å². The summed E-state index contributed by atoms with van der Waals surface area (Å²) in [5.74, 6) is -0.992. The minimum atomic E-state index is -1.10. The number of nitrogens with zero attached hydrogens (tertiary/aromatic N) is 2. The average molecular weight is 421 g/mol. The smallest absolute Gasteiger partial charge is 0.408 e. The molecule has 0 saturated carbocycles. The predicted octanol–water partition coefficient (Wildman–Crippen LogP) is 4.20. The van der Waals surface area contributed by atoms with Crippen molar-refractivity contribution in [1.29, 1.82) is 0 Å². The van der Waals surface area contributed by atoms with Crippen molar-refractivity contribution in [3.05, 3.63) is 36.0 Å². The van der Waals surface area contributed by atoms with Gasteiger partial charge in [0.1, 0.15) is 18.0 Å². The van der Waals surface area contributed by atoms with Gasteiger partial charge in [-0.2, -0.15) is 0 Å². The first kappa shape index (κ1) is 23.3. The first-order chi connectivity index (χ1) is 14.1. The molecule has 0 fully saturated rings. The first-order valence-corrected chi connectivity index (χ1v) is 9.88. The van der Waals surface area contributed by atoms with Gasteiger partial charge in [-0.25, -0.2) is 14.0 Å². The molecule has 8 nitrogen and oxygen atoms in total. The number of halogens is 1. The summed E-state index contributed by atoms with van der Waals surface area (Å²) in [7, 11) is 0. The molecule has 164 valence electrons. The largest absolute Gasteiger partial charge is 0.480 e. The maximum absolute atomic E-state index is 13.1. The summed E-state index contributed by atoms with van der Waals surface area (Å²) in [6, 6.07) is 4.64. The fourth-order valence-electron chi connectivity index (χ4n) is 2.70. The fraction of sp³-hybridized carbons (Fsp3) is 0.524. The van der Waals surface area contributed by atoms with E-state index in [0.29, 0.717) is 18.4 Å². The molecule has 2 N–H and O–H groups in total. The standard InChI is InChI=1S/C21H28FN3O5/c1-5-6-7-15(19(26)27)23-20(28)29-16(21(2,3)4)12-17-24-25-18(30-17)13-8-10-14(22)11-9-13/h8-11,15-16H,5-7,12H2,1-4H3,(H,23,28)(H,26,27)/t15-,16-/m0/s1. The molecule has 9 heteroatoms. The molecule has 0 saturated heterocycles. The second-order valence-electron chi connectivity index (χ2n) is 8.15. The Morgan fingerprint density at radius 2 is 1.90 bits per heavy atom. The average Bonchev–Trinajstić information content (AvgIpc) is 3.13. The number of unbranched alkanes of at least 4 members (excludes halogenated alkanes) is 1. The normalized spacial score (nSPS) is 13.5. The summed E-state index contributed by atoms with van der Waals surface area (Å²) in [6.07, 6.45) is 0.521. The van der Waals surface area contributed by atoms with Crippen LogP contribution in [0.4, 0.5) is 9.18 Å². The zero-order valence-electron chi connectivity index (χ0n) is 17.6. The molecule has 0 aliphatic rings. The molecule has 0 aliphatic carbocycles. The number of alkyl carbamates (subject to hydrolysis) is 1. The van der Waals surface area contributed by atoms with Gasteiger partial charge in [0.05, 0.1) is 6.42 Å². The molecule has 0 spiro atoms. The van der Waals surface area contributed by atoms with Gasteiger partial charge in [-0.05, 0) is 36.1 Å². The zero-order valence-corrected chi connectivity index (χ0v) is 17.6. The minimum absolute atomic E-state index is 0.151. The second kappa shape index (κ2) is 10.2. The molecule has 0 bridgehead atoms. The molecular weight excluding hydrogens is 393 g/mol. The molecule has 2 atom stereocenters. The number of aromatic nitrogens is 2. The SMILES string of the molecule is CCCC[C@H](NC(=O)O[C@@H](Cc1nnc(-c2ccc(F)cc2)o1)C(C)(C)C)C(=O)O. The van der Waals surface area contributed by atoms with Crippen LogP contribution in [0.2, 0.25) is 0 Å². The number of ether oxygens (including phenoxy) is 1. The van der Waals surface area contributed by atoms with Crippen LogP contribution in [0.1, 0.15) is 52.8 Å². The number of aliphatic carboxylic acids is 1. The Bertz CT molecular complexity index is 845. The fourth-order valence-corrected chi connectivity index (χ4v) is 2.70. The molecule has 2 aromatic rings. The highest BCUT2D eigenvalue weighted by atomic mass is 19.1. The molecule has 1 aromatic heterocycles. The second-order valence-corrected chi connectivity index (χ2v) is 8.15. The monoisotopic (exact) mass is 421 g/mol. The topological polar surface area (TPSA) is 115 Å². The van der Waals surface area contributed by atoms with Crippen molar-refractivity contribution < 1.29 is 28.2 Å². The maximum atomic E-state index is 13.1. The Labute approximate surface area is 174 Å². The lowest BCUT2D eigenvalue weighted by Gasteiger charge is -2.29. The van der Waals surface area contributed by atoms with Crippen LogP contribution >= 0.6 is 0 Å². The van der Waals surface area contributed by atoms with Gasteiger partial charge in [-0.15, -0.1) is 10.2 Å². The van der Waals surface area contributed by atoms with Crippen LogP contribution in [0.25, 0.3) is 11.5 Å². The Morgan fingerprint density at radius 1 is 1.23 bits per heavy atom. The Kier molecular flexibility index (Phi) is 7.91. The van der Waals surface area contributed by atoms with E-state index in [1.807, 2.05) is 27.7 Å². The summed E-state index contributed by atoms with van der Waals surface area (Å²) in [4.78, 5) is 23.7. The van der Waals surface area contributed by atoms with Gasteiger partial charge in [0.2, 0.25) is 11.8 Å². The summed E-state index contributed by atoms with van der Waals surface area (Å²) in [5, 5.41) is 19.6. The highest BCUT2D eigenvalue weighted by Crippen LogP contribution is 2.27. The van der Waals surface area contributed by atoms with Gasteiger partial charge in [-0.1, -0.05) is 40.5 Å². The van der Waals surface area contributed by atoms with Crippen LogP contribution in [0.15, 0.2) is 28.7 Å². The van der Waals surface area contributed by atoms with E-state index in [1.165, 1.54) is 24.3 Å². The molecule has 0 unspecified atom stereocenters. The van der Waals surface area contributed by atoms with E-state index in [-0.39, 0.29) is 24.0 Å². The third-order valence-electron chi connectivity index (χ3n) is 4.57. The van der Waals surface area contributed by atoms with Crippen LogP contribution in [-0.2, 0) is 16.0 Å². The predicted molar refractivity (Wildman–Crippen MR) is 107 cm³/mol. The van der Waals surface area contributed by atoms with E-state index in [0.717, 1.165) is 6.42 Å². The lowest BCUT2D eigenvalue weighted by Crippen LogP contribution is -2.44. The van der Waals surface area contributed by atoms with Crippen LogP contribution < -0.4 is 5.32 Å². The molecule has 30 heavy (non-hydrogen) atoms. The van der Waals surface area contributed by atoms with Crippen LogP contribution in [-0.4, -0.2) is 39.5 Å². The summed E-state index contributed by atoms with van der Waals surface area (Å²) in [5.41, 5.74) is 0.102. The number of hydrogen-bond acceptors (Lipinski definition) is 6. The summed E-state index contributed by atoms with van der Waals surface area (Å²) >= 11 is 0. The van der Waals surface area contributed by atoms with Gasteiger partial charge >= 0.3 is 12.1 Å². The van der Waals surface area contributed by atoms with Crippen LogP contribution in [0.5, 0.6) is 0 Å². The Hall–Kier alpha value is -2.97. The van der Waals surface area contributed by atoms with E-state index in [4.69, 9.17) is 9.15 Å². The summed E-state index contributed by atoms with van der Waals surface area (Å²) in [6.45, 7) is 7.59. The van der Waals surface area contributed by atoms with Crippen molar-refractivity contribution in [3.8, 4) is 11.5 Å². The van der Waals surface area contributed by atoms with Gasteiger partial charge in [0, 0.05) is 5.56 Å². The molecule has 2 rings (SSSR count). The number of nitrogens with one attached hydrogen (secondary N) is 1. The molecule has 1 heterocycles. The number of hydrogen-bond donors (Lipinski definition) is 2. The lowest BCUT2D eigenvalue weighted by atomic mass is 9.87. The number of carbonyl (C=O) groups excluding carboxylic acids is 1. The van der Waals surface area contributed by atoms with Gasteiger partial charge in [0.25, 0.3) is 0 Å². The highest BCUT2D eigenvalue weighted by molar-refractivity contribution is 5.79. The third-order valence-corrected chi connectivity index (χ3v) is 4.57. The molecular formula is C21H28FN3O5. The number of carbonyl (C=O) groups is 2. The minimum Gasteiger partial charge on any atom is -0.480 e. The van der Waals surface area contributed by atoms with Crippen molar-refractivity contribution in [2.24, 2.45) is 5.41 Å². The van der Waals surface area contributed by atoms with E-state index in [2.05, 4.69) is 15.5 Å². The number of carboxylic acid groups (broad SMARTS) is 1. The molecule has 1 amide bonds. The van der Waals surface area contributed by atoms with Crippen molar-refractivity contribution in [3.63, 3.8) is 0 Å². The maximum Gasteiger partial charge on any atom is 0.408 e. The van der Waals surface area contributed by atoms with Crippen molar-refractivity contribution in [2.75, 3.05) is 0 Å². The number of amides is 1. The Morgan fingerprint density at radius 3 is 2.47 bits per heavy atom. The van der Waals surface area contributed by atoms with Crippen LogP contribution in [0.3, 0.4) is 0 Å². The number of benzene rings is 1. The summed E-state index contributed by atoms with van der Waals surface area (Å²) < 4.78 is 24.2. The lowest BCUT2D eigenvalue weighted by molar-refractivity contribution is -0.139. The third kappa shape index (κ3) is 6.82. The highest BCUT2D eigenvalue weighted by Gasteiger charge is 2.32. The van der Waals surface area contributed by atoms with Gasteiger partial charge in [0.15, 0.2) is 0 Å². The van der Waals surface area contributed by atoms with Crippen molar-refractivity contribution in [1.82, 2.24) is 15.5 Å². The number of carboxylic acids is 1. The van der Waals surface area contributed by atoms with Crippen LogP contribution in [0, 0.1) is 11.2 Å². The molecule has 0 radical (unpaired) electrons. The molecule has 0 aliphatic heterocycles. The zero-order chi connectivity index (χ0) is 22.3. The van der Waals surface area contributed by atoms with Crippen molar-refractivity contribution >= 4 is 12.1 Å². The Balaban J connectivity index is 2.07. The van der Waals surface area contributed by atoms with E-state index in [1.54, 1.807) is 0 Å². The molecule has 1 aromatic carbocycles. The van der Waals surface area contributed by atoms with E-state index >= 15 is 0 Å². The van der Waals surface area contributed by atoms with Gasteiger partial charge in [-0.3, -0.25) is 0 Å². The van der Waals surface area contributed by atoms with E-state index in [9.17, 15) is 19.1 Å². The first-order valence-electron chi connectivity index (χ1n) is 9.88. The van der Waals surface area contributed by atoms with Gasteiger partial charge < -0.3 is 19.6 Å². The quantitative estimate of drug-likeness (QED) is 0.623.